The maximum Gasteiger partial charge on any atom is 0.182 e. The van der Waals surface area contributed by atoms with Crippen molar-refractivity contribution >= 4 is 22.7 Å². The molecule has 17 heavy (non-hydrogen) atoms. The van der Waals surface area contributed by atoms with E-state index in [0.29, 0.717) is 22.7 Å². The van der Waals surface area contributed by atoms with Crippen molar-refractivity contribution in [2.45, 2.75) is 0 Å². The molecule has 0 spiro atoms. The molecule has 0 saturated heterocycles. The van der Waals surface area contributed by atoms with E-state index in [9.17, 15) is 4.39 Å². The maximum atomic E-state index is 13.5. The standard InChI is InChI=1S/C11H8FN5/c12-7-3-1-2-4-8(7)17-11-9-10(14-5-13-9)15-6-16-11/h1-6H,(H2,13,14,15,16,17). The third kappa shape index (κ3) is 1.69. The summed E-state index contributed by atoms with van der Waals surface area (Å²) in [6.07, 6.45) is 2.90. The van der Waals surface area contributed by atoms with Crippen molar-refractivity contribution in [3.05, 3.63) is 42.7 Å². The molecule has 3 rings (SSSR count). The summed E-state index contributed by atoms with van der Waals surface area (Å²) in [6, 6.07) is 6.40. The summed E-state index contributed by atoms with van der Waals surface area (Å²) in [4.78, 5) is 14.9. The molecule has 0 aliphatic heterocycles. The third-order valence-corrected chi connectivity index (χ3v) is 2.35. The van der Waals surface area contributed by atoms with Crippen LogP contribution in [0, 0.1) is 5.82 Å². The van der Waals surface area contributed by atoms with Gasteiger partial charge in [-0.3, -0.25) is 0 Å². The van der Waals surface area contributed by atoms with Gasteiger partial charge in [0.1, 0.15) is 17.7 Å². The first-order valence-electron chi connectivity index (χ1n) is 5.00. The average molecular weight is 229 g/mol. The fourth-order valence-electron chi connectivity index (χ4n) is 1.55. The first-order chi connectivity index (χ1) is 8.34. The molecule has 0 radical (unpaired) electrons. The van der Waals surface area contributed by atoms with Crippen molar-refractivity contribution in [3.63, 3.8) is 0 Å². The van der Waals surface area contributed by atoms with Gasteiger partial charge in [0.2, 0.25) is 0 Å². The fourth-order valence-corrected chi connectivity index (χ4v) is 1.55. The lowest BCUT2D eigenvalue weighted by atomic mass is 10.3. The van der Waals surface area contributed by atoms with E-state index in [1.54, 1.807) is 18.2 Å². The number of imidazole rings is 1. The number of nitrogens with zero attached hydrogens (tertiary/aromatic N) is 3. The van der Waals surface area contributed by atoms with Crippen LogP contribution in [-0.2, 0) is 0 Å². The van der Waals surface area contributed by atoms with Crippen LogP contribution in [0.4, 0.5) is 15.9 Å². The van der Waals surface area contributed by atoms with Gasteiger partial charge in [0, 0.05) is 0 Å². The first-order valence-corrected chi connectivity index (χ1v) is 5.00. The number of benzene rings is 1. The number of anilines is 2. The third-order valence-electron chi connectivity index (χ3n) is 2.35. The van der Waals surface area contributed by atoms with Gasteiger partial charge >= 0.3 is 0 Å². The molecule has 6 heteroatoms. The van der Waals surface area contributed by atoms with Gasteiger partial charge < -0.3 is 10.3 Å². The van der Waals surface area contributed by atoms with Crippen molar-refractivity contribution in [1.82, 2.24) is 19.9 Å². The number of H-pyrrole nitrogens is 1. The van der Waals surface area contributed by atoms with Crippen LogP contribution >= 0.6 is 0 Å². The van der Waals surface area contributed by atoms with Gasteiger partial charge in [-0.05, 0) is 12.1 Å². The van der Waals surface area contributed by atoms with E-state index in [2.05, 4.69) is 25.3 Å². The average Bonchev–Trinajstić information content (AvgIpc) is 2.81. The Morgan fingerprint density at radius 1 is 1.12 bits per heavy atom. The summed E-state index contributed by atoms with van der Waals surface area (Å²) < 4.78 is 13.5. The molecule has 0 saturated carbocycles. The zero-order valence-electron chi connectivity index (χ0n) is 8.68. The van der Waals surface area contributed by atoms with Gasteiger partial charge in [-0.25, -0.2) is 19.3 Å². The van der Waals surface area contributed by atoms with Crippen LogP contribution in [0.1, 0.15) is 0 Å². The van der Waals surface area contributed by atoms with E-state index in [0.717, 1.165) is 0 Å². The Hall–Kier alpha value is -2.50. The highest BCUT2D eigenvalue weighted by Gasteiger charge is 2.07. The molecule has 84 valence electrons. The van der Waals surface area contributed by atoms with Crippen LogP contribution in [0.15, 0.2) is 36.9 Å². The van der Waals surface area contributed by atoms with E-state index < -0.39 is 0 Å². The number of para-hydroxylation sites is 1. The quantitative estimate of drug-likeness (QED) is 0.707. The summed E-state index contributed by atoms with van der Waals surface area (Å²) in [7, 11) is 0. The smallest absolute Gasteiger partial charge is 0.182 e. The monoisotopic (exact) mass is 229 g/mol. The van der Waals surface area contributed by atoms with Gasteiger partial charge in [0.25, 0.3) is 0 Å². The summed E-state index contributed by atoms with van der Waals surface area (Å²) in [5, 5.41) is 2.90. The first kappa shape index (κ1) is 9.71. The van der Waals surface area contributed by atoms with Crippen molar-refractivity contribution in [2.24, 2.45) is 0 Å². The highest BCUT2D eigenvalue weighted by atomic mass is 19.1. The minimum atomic E-state index is -0.334. The molecule has 0 aliphatic rings. The van der Waals surface area contributed by atoms with Crippen molar-refractivity contribution in [1.29, 1.82) is 0 Å². The normalized spacial score (nSPS) is 10.6. The highest BCUT2D eigenvalue weighted by Crippen LogP contribution is 2.21. The number of aromatic amines is 1. The highest BCUT2D eigenvalue weighted by molar-refractivity contribution is 5.84. The van der Waals surface area contributed by atoms with Gasteiger partial charge in [-0.15, -0.1) is 0 Å². The molecule has 0 aliphatic carbocycles. The summed E-state index contributed by atoms with van der Waals surface area (Å²) >= 11 is 0. The SMILES string of the molecule is Fc1ccccc1Nc1ncnc2nc[nH]c12. The minimum absolute atomic E-state index is 0.334. The lowest BCUT2D eigenvalue weighted by Gasteiger charge is -2.06. The number of fused-ring (bicyclic) bond motifs is 1. The Morgan fingerprint density at radius 2 is 2.00 bits per heavy atom. The van der Waals surface area contributed by atoms with E-state index in [-0.39, 0.29) is 5.82 Å². The zero-order chi connectivity index (χ0) is 11.7. The second-order valence-electron chi connectivity index (χ2n) is 3.43. The lowest BCUT2D eigenvalue weighted by molar-refractivity contribution is 0.632. The van der Waals surface area contributed by atoms with Crippen molar-refractivity contribution < 1.29 is 4.39 Å². The Balaban J connectivity index is 2.06. The topological polar surface area (TPSA) is 66.5 Å². The zero-order valence-corrected chi connectivity index (χ0v) is 8.68. The van der Waals surface area contributed by atoms with Crippen LogP contribution in [0.25, 0.3) is 11.2 Å². The van der Waals surface area contributed by atoms with E-state index in [4.69, 9.17) is 0 Å². The molecular weight excluding hydrogens is 221 g/mol. The van der Waals surface area contributed by atoms with Gasteiger partial charge in [0.15, 0.2) is 11.5 Å². The molecule has 0 fully saturated rings. The minimum Gasteiger partial charge on any atom is -0.340 e. The fraction of sp³-hybridized carbons (Fsp3) is 0. The number of nitrogens with one attached hydrogen (secondary N) is 2. The Labute approximate surface area is 95.8 Å². The van der Waals surface area contributed by atoms with Crippen LogP contribution in [0.2, 0.25) is 0 Å². The summed E-state index contributed by atoms with van der Waals surface area (Å²) in [6.45, 7) is 0. The molecule has 2 aromatic heterocycles. The molecule has 3 aromatic rings. The Kier molecular flexibility index (Phi) is 2.18. The number of hydrogen-bond donors (Lipinski definition) is 2. The van der Waals surface area contributed by atoms with Gasteiger partial charge in [-0.2, -0.15) is 0 Å². The lowest BCUT2D eigenvalue weighted by Crippen LogP contribution is -1.97. The van der Waals surface area contributed by atoms with E-state index >= 15 is 0 Å². The van der Waals surface area contributed by atoms with Crippen LogP contribution in [0.5, 0.6) is 0 Å². The van der Waals surface area contributed by atoms with Crippen LogP contribution in [0.3, 0.4) is 0 Å². The predicted octanol–water partition coefficient (Wildman–Crippen LogP) is 2.24. The molecule has 0 bridgehead atoms. The molecule has 0 atom stereocenters. The molecule has 2 N–H and O–H groups in total. The number of aromatic nitrogens is 4. The largest absolute Gasteiger partial charge is 0.340 e. The van der Waals surface area contributed by atoms with Gasteiger partial charge in [-0.1, -0.05) is 12.1 Å². The molecule has 1 aromatic carbocycles. The molecule has 0 amide bonds. The van der Waals surface area contributed by atoms with Crippen molar-refractivity contribution in [2.75, 3.05) is 5.32 Å². The summed E-state index contributed by atoms with van der Waals surface area (Å²) in [5.74, 6) is 0.163. The predicted molar refractivity (Wildman–Crippen MR) is 61.4 cm³/mol. The van der Waals surface area contributed by atoms with E-state index in [1.807, 2.05) is 0 Å². The van der Waals surface area contributed by atoms with Gasteiger partial charge in [0.05, 0.1) is 12.0 Å². The Bertz CT molecular complexity index is 664. The molecule has 2 heterocycles. The number of halogens is 1. The molecular formula is C11H8FN5. The van der Waals surface area contributed by atoms with Crippen LogP contribution < -0.4 is 5.32 Å². The summed E-state index contributed by atoms with van der Waals surface area (Å²) in [5.41, 5.74) is 1.55. The van der Waals surface area contributed by atoms with Crippen molar-refractivity contribution in [3.8, 4) is 0 Å². The maximum absolute atomic E-state index is 13.5. The molecule has 5 nitrogen and oxygen atoms in total. The Morgan fingerprint density at radius 3 is 2.88 bits per heavy atom. The molecule has 0 unspecified atom stereocenters. The van der Waals surface area contributed by atoms with E-state index in [1.165, 1.54) is 18.7 Å². The number of rotatable bonds is 2. The van der Waals surface area contributed by atoms with Crippen LogP contribution in [-0.4, -0.2) is 19.9 Å². The number of hydrogen-bond acceptors (Lipinski definition) is 4. The second-order valence-corrected chi connectivity index (χ2v) is 3.43. The second kappa shape index (κ2) is 3.82.